The lowest BCUT2D eigenvalue weighted by atomic mass is 10.2. The first kappa shape index (κ1) is 10.9. The van der Waals surface area contributed by atoms with Gasteiger partial charge in [0.1, 0.15) is 0 Å². The number of nitrogens with one attached hydrogen (secondary N) is 3. The SMILES string of the molecule is C=CC(=O)Nc1ccc2[nH]c(=O)c(=O)[nH]c2c1. The second-order valence-electron chi connectivity index (χ2n) is 3.36. The van der Waals surface area contributed by atoms with Gasteiger partial charge in [0, 0.05) is 5.69 Å². The zero-order valence-electron chi connectivity index (χ0n) is 8.74. The van der Waals surface area contributed by atoms with E-state index in [0.717, 1.165) is 6.08 Å². The van der Waals surface area contributed by atoms with Gasteiger partial charge in [-0.1, -0.05) is 6.58 Å². The molecule has 1 heterocycles. The maximum absolute atomic E-state index is 11.1. The van der Waals surface area contributed by atoms with E-state index in [1.807, 2.05) is 0 Å². The van der Waals surface area contributed by atoms with Crippen molar-refractivity contribution in [1.82, 2.24) is 9.97 Å². The van der Waals surface area contributed by atoms with Crippen LogP contribution in [0.2, 0.25) is 0 Å². The van der Waals surface area contributed by atoms with Crippen LogP contribution in [0.3, 0.4) is 0 Å². The summed E-state index contributed by atoms with van der Waals surface area (Å²) in [4.78, 5) is 38.1. The first-order chi connectivity index (χ1) is 8.10. The summed E-state index contributed by atoms with van der Waals surface area (Å²) in [6.07, 6.45) is 1.14. The molecule has 2 aromatic rings. The highest BCUT2D eigenvalue weighted by Gasteiger charge is 2.02. The number of carbonyl (C=O) groups excluding carboxylic acids is 1. The monoisotopic (exact) mass is 231 g/mol. The number of amides is 1. The minimum Gasteiger partial charge on any atom is -0.322 e. The minimum atomic E-state index is -0.732. The van der Waals surface area contributed by atoms with Crippen molar-refractivity contribution in [2.75, 3.05) is 5.32 Å². The molecule has 17 heavy (non-hydrogen) atoms. The second-order valence-corrected chi connectivity index (χ2v) is 3.36. The van der Waals surface area contributed by atoms with Crippen molar-refractivity contribution >= 4 is 22.6 Å². The van der Waals surface area contributed by atoms with E-state index in [9.17, 15) is 14.4 Å². The molecular weight excluding hydrogens is 222 g/mol. The van der Waals surface area contributed by atoms with Gasteiger partial charge in [-0.3, -0.25) is 14.4 Å². The number of anilines is 1. The third-order valence-corrected chi connectivity index (χ3v) is 2.18. The predicted molar refractivity (Wildman–Crippen MR) is 64.0 cm³/mol. The van der Waals surface area contributed by atoms with Gasteiger partial charge in [0.2, 0.25) is 5.91 Å². The number of aromatic amines is 2. The van der Waals surface area contributed by atoms with Gasteiger partial charge in [0.25, 0.3) is 0 Å². The number of H-pyrrole nitrogens is 2. The Labute approximate surface area is 95.0 Å². The van der Waals surface area contributed by atoms with Gasteiger partial charge in [-0.25, -0.2) is 0 Å². The van der Waals surface area contributed by atoms with Crippen molar-refractivity contribution in [1.29, 1.82) is 0 Å². The Hall–Kier alpha value is -2.63. The Balaban J connectivity index is 2.54. The summed E-state index contributed by atoms with van der Waals surface area (Å²) in [5.74, 6) is -0.351. The van der Waals surface area contributed by atoms with E-state index >= 15 is 0 Å². The highest BCUT2D eigenvalue weighted by molar-refractivity contribution is 5.99. The molecule has 0 spiro atoms. The Bertz CT molecular complexity index is 712. The molecule has 2 rings (SSSR count). The smallest absolute Gasteiger partial charge is 0.314 e. The lowest BCUT2D eigenvalue weighted by Crippen LogP contribution is -2.28. The molecule has 0 saturated carbocycles. The number of hydrogen-bond acceptors (Lipinski definition) is 3. The lowest BCUT2D eigenvalue weighted by Gasteiger charge is -2.03. The van der Waals surface area contributed by atoms with Crippen molar-refractivity contribution in [3.8, 4) is 0 Å². The van der Waals surface area contributed by atoms with Gasteiger partial charge >= 0.3 is 11.1 Å². The largest absolute Gasteiger partial charge is 0.322 e. The van der Waals surface area contributed by atoms with Crippen LogP contribution in [0.1, 0.15) is 0 Å². The number of aromatic nitrogens is 2. The Morgan fingerprint density at radius 3 is 2.47 bits per heavy atom. The highest BCUT2D eigenvalue weighted by Crippen LogP contribution is 2.13. The molecule has 1 amide bonds. The summed E-state index contributed by atoms with van der Waals surface area (Å²) in [6, 6.07) is 4.75. The standard InChI is InChI=1S/C11H9N3O3/c1-2-9(15)12-6-3-4-7-8(5-6)14-11(17)10(16)13-7/h2-5H,1H2,(H,12,15)(H,13,16)(H,14,17). The highest BCUT2D eigenvalue weighted by atomic mass is 16.2. The molecule has 0 bridgehead atoms. The maximum atomic E-state index is 11.1. The molecule has 1 aromatic carbocycles. The number of hydrogen-bond donors (Lipinski definition) is 3. The van der Waals surface area contributed by atoms with Crippen LogP contribution < -0.4 is 16.4 Å². The molecule has 0 unspecified atom stereocenters. The van der Waals surface area contributed by atoms with Crippen molar-refractivity contribution in [3.05, 3.63) is 51.6 Å². The number of benzene rings is 1. The number of fused-ring (bicyclic) bond motifs is 1. The molecule has 0 aliphatic rings. The van der Waals surface area contributed by atoms with E-state index in [-0.39, 0.29) is 5.91 Å². The van der Waals surface area contributed by atoms with Crippen LogP contribution in [-0.4, -0.2) is 15.9 Å². The number of rotatable bonds is 2. The molecule has 6 heteroatoms. The normalized spacial score (nSPS) is 10.1. The van der Waals surface area contributed by atoms with Gasteiger partial charge in [0.05, 0.1) is 11.0 Å². The summed E-state index contributed by atoms with van der Waals surface area (Å²) in [6.45, 7) is 3.33. The third-order valence-electron chi connectivity index (χ3n) is 2.18. The average molecular weight is 231 g/mol. The molecule has 6 nitrogen and oxygen atoms in total. The van der Waals surface area contributed by atoms with Crippen molar-refractivity contribution in [2.45, 2.75) is 0 Å². The fourth-order valence-electron chi connectivity index (χ4n) is 1.39. The first-order valence-corrected chi connectivity index (χ1v) is 4.80. The second kappa shape index (κ2) is 4.09. The topological polar surface area (TPSA) is 94.8 Å². The third kappa shape index (κ3) is 2.15. The zero-order valence-corrected chi connectivity index (χ0v) is 8.74. The molecule has 0 aliphatic carbocycles. The van der Waals surface area contributed by atoms with Crippen LogP contribution in [0.5, 0.6) is 0 Å². The average Bonchev–Trinajstić information content (AvgIpc) is 2.31. The quantitative estimate of drug-likeness (QED) is 0.513. The Morgan fingerprint density at radius 2 is 1.82 bits per heavy atom. The van der Waals surface area contributed by atoms with E-state index in [1.165, 1.54) is 0 Å². The molecule has 0 saturated heterocycles. The van der Waals surface area contributed by atoms with E-state index < -0.39 is 11.1 Å². The summed E-state index contributed by atoms with van der Waals surface area (Å²) < 4.78 is 0. The first-order valence-electron chi connectivity index (χ1n) is 4.80. The Morgan fingerprint density at radius 1 is 1.18 bits per heavy atom. The molecule has 0 radical (unpaired) electrons. The van der Waals surface area contributed by atoms with Crippen molar-refractivity contribution in [2.24, 2.45) is 0 Å². The fraction of sp³-hybridized carbons (Fsp3) is 0. The molecule has 0 fully saturated rings. The fourth-order valence-corrected chi connectivity index (χ4v) is 1.39. The molecule has 1 aromatic heterocycles. The summed E-state index contributed by atoms with van der Waals surface area (Å²) in [5, 5.41) is 2.55. The molecule has 0 aliphatic heterocycles. The molecule has 86 valence electrons. The Kier molecular flexibility index (Phi) is 2.61. The van der Waals surface area contributed by atoms with Crippen LogP contribution in [0, 0.1) is 0 Å². The molecular formula is C11H9N3O3. The maximum Gasteiger partial charge on any atom is 0.314 e. The van der Waals surface area contributed by atoms with Crippen molar-refractivity contribution < 1.29 is 4.79 Å². The van der Waals surface area contributed by atoms with E-state index in [2.05, 4.69) is 21.9 Å². The van der Waals surface area contributed by atoms with Gasteiger partial charge in [-0.2, -0.15) is 0 Å². The summed E-state index contributed by atoms with van der Waals surface area (Å²) >= 11 is 0. The van der Waals surface area contributed by atoms with Crippen molar-refractivity contribution in [3.63, 3.8) is 0 Å². The summed E-state index contributed by atoms with van der Waals surface area (Å²) in [5.41, 5.74) is -0.00200. The zero-order chi connectivity index (χ0) is 12.4. The van der Waals surface area contributed by atoms with Gasteiger partial charge in [-0.05, 0) is 24.3 Å². The predicted octanol–water partition coefficient (Wildman–Crippen LogP) is 0.341. The van der Waals surface area contributed by atoms with E-state index in [1.54, 1.807) is 18.2 Å². The summed E-state index contributed by atoms with van der Waals surface area (Å²) in [7, 11) is 0. The van der Waals surface area contributed by atoms with Crippen LogP contribution >= 0.6 is 0 Å². The molecule has 0 atom stereocenters. The van der Waals surface area contributed by atoms with Crippen LogP contribution in [0.25, 0.3) is 11.0 Å². The minimum absolute atomic E-state index is 0.351. The van der Waals surface area contributed by atoms with Gasteiger partial charge < -0.3 is 15.3 Å². The van der Waals surface area contributed by atoms with Crippen LogP contribution in [0.15, 0.2) is 40.4 Å². The molecule has 3 N–H and O–H groups in total. The van der Waals surface area contributed by atoms with E-state index in [4.69, 9.17) is 0 Å². The van der Waals surface area contributed by atoms with E-state index in [0.29, 0.717) is 16.7 Å². The lowest BCUT2D eigenvalue weighted by molar-refractivity contribution is -0.111. The van der Waals surface area contributed by atoms with Crippen LogP contribution in [0.4, 0.5) is 5.69 Å². The van der Waals surface area contributed by atoms with Gasteiger partial charge in [-0.15, -0.1) is 0 Å². The van der Waals surface area contributed by atoms with Crippen LogP contribution in [-0.2, 0) is 4.79 Å². The van der Waals surface area contributed by atoms with Gasteiger partial charge in [0.15, 0.2) is 0 Å². The number of carbonyl (C=O) groups is 1.